The number of carbonyl (C=O) groups is 1. The summed E-state index contributed by atoms with van der Waals surface area (Å²) in [4.78, 5) is 13.1. The highest BCUT2D eigenvalue weighted by Gasteiger charge is 2.24. The molecule has 0 unspecified atom stereocenters. The molecule has 0 fully saturated rings. The van der Waals surface area contributed by atoms with Crippen molar-refractivity contribution in [2.45, 2.75) is 31.2 Å². The summed E-state index contributed by atoms with van der Waals surface area (Å²) in [6.07, 6.45) is 1.48. The molecule has 0 aliphatic rings. The molecule has 0 atom stereocenters. The molecular weight excluding hydrogens is 507 g/mol. The van der Waals surface area contributed by atoms with Crippen LogP contribution in [0.1, 0.15) is 28.9 Å². The minimum absolute atomic E-state index is 0.0397. The van der Waals surface area contributed by atoms with Gasteiger partial charge in [-0.1, -0.05) is 47.5 Å². The van der Waals surface area contributed by atoms with E-state index >= 15 is 0 Å². The second kappa shape index (κ2) is 10.7. The molecule has 9 heteroatoms. The highest BCUT2D eigenvalue weighted by atomic mass is 35.5. The van der Waals surface area contributed by atoms with Crippen LogP contribution in [-0.2, 0) is 16.6 Å². The zero-order chi connectivity index (χ0) is 25.0. The summed E-state index contributed by atoms with van der Waals surface area (Å²) in [7, 11) is -4.13. The van der Waals surface area contributed by atoms with Gasteiger partial charge >= 0.3 is 0 Å². The van der Waals surface area contributed by atoms with Gasteiger partial charge in [0, 0.05) is 27.5 Å². The van der Waals surface area contributed by atoms with Crippen LogP contribution < -0.4 is 9.46 Å². The van der Waals surface area contributed by atoms with Crippen molar-refractivity contribution in [3.63, 3.8) is 0 Å². The Morgan fingerprint density at radius 3 is 2.51 bits per heavy atom. The molecule has 1 aromatic heterocycles. The fourth-order valence-corrected chi connectivity index (χ4v) is 5.50. The monoisotopic (exact) mass is 530 g/mol. The first-order chi connectivity index (χ1) is 16.8. The Morgan fingerprint density at radius 2 is 1.74 bits per heavy atom. The van der Waals surface area contributed by atoms with Crippen LogP contribution in [0.2, 0.25) is 10.0 Å². The second-order valence-corrected chi connectivity index (χ2v) is 10.5. The van der Waals surface area contributed by atoms with Crippen LogP contribution in [0.15, 0.2) is 77.7 Å². The lowest BCUT2D eigenvalue weighted by atomic mass is 10.2. The number of rotatable bonds is 9. The van der Waals surface area contributed by atoms with E-state index in [1.54, 1.807) is 31.2 Å². The lowest BCUT2D eigenvalue weighted by Crippen LogP contribution is -2.32. The van der Waals surface area contributed by atoms with Crippen molar-refractivity contribution >= 4 is 50.0 Å². The number of halogens is 2. The first-order valence-corrected chi connectivity index (χ1v) is 13.3. The number of aromatic nitrogens is 1. The van der Waals surface area contributed by atoms with Gasteiger partial charge in [0.2, 0.25) is 0 Å². The van der Waals surface area contributed by atoms with E-state index in [2.05, 4.69) is 4.72 Å². The highest BCUT2D eigenvalue weighted by Crippen LogP contribution is 2.26. The summed E-state index contributed by atoms with van der Waals surface area (Å²) in [5, 5.41) is 1.58. The Labute approximate surface area is 214 Å². The van der Waals surface area contributed by atoms with E-state index in [-0.39, 0.29) is 10.6 Å². The third-order valence-electron chi connectivity index (χ3n) is 5.62. The van der Waals surface area contributed by atoms with E-state index in [0.29, 0.717) is 28.8 Å². The molecule has 0 saturated heterocycles. The second-order valence-electron chi connectivity index (χ2n) is 8.05. The quantitative estimate of drug-likeness (QED) is 0.260. The van der Waals surface area contributed by atoms with Gasteiger partial charge in [0.15, 0.2) is 0 Å². The van der Waals surface area contributed by atoms with Gasteiger partial charge in [-0.2, -0.15) is 0 Å². The van der Waals surface area contributed by atoms with Gasteiger partial charge in [0.05, 0.1) is 11.5 Å². The Bertz CT molecular complexity index is 1470. The van der Waals surface area contributed by atoms with Crippen LogP contribution in [0.3, 0.4) is 0 Å². The van der Waals surface area contributed by atoms with Gasteiger partial charge in [-0.25, -0.2) is 13.1 Å². The van der Waals surface area contributed by atoms with Crippen LogP contribution in [0.4, 0.5) is 0 Å². The maximum atomic E-state index is 13.2. The topological polar surface area (TPSA) is 77.4 Å². The molecule has 0 radical (unpaired) electrons. The first-order valence-electron chi connectivity index (χ1n) is 11.0. The van der Waals surface area contributed by atoms with Crippen LogP contribution in [-0.4, -0.2) is 25.5 Å². The molecule has 0 spiro atoms. The molecule has 35 heavy (non-hydrogen) atoms. The van der Waals surface area contributed by atoms with Crippen molar-refractivity contribution in [2.24, 2.45) is 0 Å². The van der Waals surface area contributed by atoms with Crippen molar-refractivity contribution < 1.29 is 17.9 Å². The summed E-state index contributed by atoms with van der Waals surface area (Å²) in [6, 6.07) is 21.1. The largest absolute Gasteiger partial charge is 0.494 e. The molecule has 0 bridgehead atoms. The van der Waals surface area contributed by atoms with Crippen molar-refractivity contribution in [1.29, 1.82) is 0 Å². The number of ether oxygens (including phenoxy) is 1. The Morgan fingerprint density at radius 1 is 0.971 bits per heavy atom. The third-order valence-corrected chi connectivity index (χ3v) is 7.74. The fourth-order valence-electron chi connectivity index (χ4n) is 3.86. The van der Waals surface area contributed by atoms with Gasteiger partial charge in [0.25, 0.3) is 15.9 Å². The molecule has 182 valence electrons. The number of hydrogen-bond donors (Lipinski definition) is 1. The van der Waals surface area contributed by atoms with Crippen LogP contribution in [0.5, 0.6) is 5.75 Å². The average Bonchev–Trinajstić information content (AvgIpc) is 3.18. The minimum Gasteiger partial charge on any atom is -0.494 e. The number of hydrogen-bond acceptors (Lipinski definition) is 4. The molecule has 1 N–H and O–H groups in total. The molecule has 0 aliphatic heterocycles. The predicted molar refractivity (Wildman–Crippen MR) is 139 cm³/mol. The molecular formula is C26H24Cl2N2O4S. The molecule has 0 saturated carbocycles. The van der Waals surface area contributed by atoms with Gasteiger partial charge < -0.3 is 9.30 Å². The normalized spacial score (nSPS) is 11.5. The Balaban J connectivity index is 1.54. The zero-order valence-electron chi connectivity index (χ0n) is 19.0. The fraction of sp³-hybridized carbons (Fsp3) is 0.192. The molecule has 1 amide bonds. The van der Waals surface area contributed by atoms with Gasteiger partial charge in [-0.05, 0) is 73.9 Å². The SMILES string of the molecule is Cc1c(Cl)cccc1S(=O)(=O)NC(=O)c1cc2cc(Cl)ccc2n1CCCCOc1ccccc1. The maximum Gasteiger partial charge on any atom is 0.281 e. The van der Waals surface area contributed by atoms with Crippen molar-refractivity contribution in [3.05, 3.63) is 94.1 Å². The lowest BCUT2D eigenvalue weighted by Gasteiger charge is -2.13. The summed E-state index contributed by atoms with van der Waals surface area (Å²) in [5.74, 6) is 0.0763. The molecule has 4 aromatic rings. The van der Waals surface area contributed by atoms with E-state index in [0.717, 1.165) is 29.5 Å². The maximum absolute atomic E-state index is 13.2. The number of aryl methyl sites for hydroxylation is 1. The number of nitrogens with zero attached hydrogens (tertiary/aromatic N) is 1. The Hall–Kier alpha value is -3.00. The average molecular weight is 531 g/mol. The van der Waals surface area contributed by atoms with Crippen molar-refractivity contribution in [1.82, 2.24) is 9.29 Å². The summed E-state index contributed by atoms with van der Waals surface area (Å²) >= 11 is 12.2. The smallest absolute Gasteiger partial charge is 0.281 e. The number of benzene rings is 3. The lowest BCUT2D eigenvalue weighted by molar-refractivity contribution is 0.0972. The van der Waals surface area contributed by atoms with Crippen molar-refractivity contribution in [2.75, 3.05) is 6.61 Å². The van der Waals surface area contributed by atoms with Crippen LogP contribution in [0.25, 0.3) is 10.9 Å². The van der Waals surface area contributed by atoms with E-state index in [4.69, 9.17) is 27.9 Å². The standard InChI is InChI=1S/C26H24Cl2N2O4S/c1-18-22(28)10-7-11-25(18)35(32,33)29-26(31)24-17-19-16-20(27)12-13-23(19)30(24)14-5-6-15-34-21-8-3-2-4-9-21/h2-4,7-13,16-17H,5-6,14-15H2,1H3,(H,29,31). The number of fused-ring (bicyclic) bond motifs is 1. The molecule has 6 nitrogen and oxygen atoms in total. The molecule has 4 rings (SSSR count). The van der Waals surface area contributed by atoms with Crippen LogP contribution >= 0.6 is 23.2 Å². The van der Waals surface area contributed by atoms with Crippen molar-refractivity contribution in [3.8, 4) is 5.75 Å². The minimum atomic E-state index is -4.13. The summed E-state index contributed by atoms with van der Waals surface area (Å²) in [6.45, 7) is 2.62. The highest BCUT2D eigenvalue weighted by molar-refractivity contribution is 7.90. The number of nitrogens with one attached hydrogen (secondary N) is 1. The first kappa shape index (κ1) is 25.1. The van der Waals surface area contributed by atoms with E-state index in [9.17, 15) is 13.2 Å². The molecule has 3 aromatic carbocycles. The molecule has 0 aliphatic carbocycles. The Kier molecular flexibility index (Phi) is 7.69. The number of amides is 1. The van der Waals surface area contributed by atoms with E-state index in [1.807, 2.05) is 41.0 Å². The number of sulfonamides is 1. The summed E-state index contributed by atoms with van der Waals surface area (Å²) < 4.78 is 35.7. The van der Waals surface area contributed by atoms with E-state index < -0.39 is 15.9 Å². The van der Waals surface area contributed by atoms with Gasteiger partial charge in [-0.15, -0.1) is 0 Å². The van der Waals surface area contributed by atoms with Crippen LogP contribution in [0, 0.1) is 6.92 Å². The zero-order valence-corrected chi connectivity index (χ0v) is 21.3. The van der Waals surface area contributed by atoms with Gasteiger partial charge in [0.1, 0.15) is 11.4 Å². The number of para-hydroxylation sites is 1. The third kappa shape index (κ3) is 5.81. The van der Waals surface area contributed by atoms with E-state index in [1.165, 1.54) is 12.1 Å². The number of unbranched alkanes of at least 4 members (excludes halogenated alkanes) is 1. The molecule has 1 heterocycles. The number of carbonyl (C=O) groups excluding carboxylic acids is 1. The summed E-state index contributed by atoms with van der Waals surface area (Å²) in [5.41, 5.74) is 1.40. The predicted octanol–water partition coefficient (Wildman–Crippen LogP) is 6.23. The van der Waals surface area contributed by atoms with Gasteiger partial charge in [-0.3, -0.25) is 4.79 Å².